The first-order valence-electron chi connectivity index (χ1n) is 11.4. The Labute approximate surface area is 193 Å². The summed E-state index contributed by atoms with van der Waals surface area (Å²) in [6.07, 6.45) is 2.53. The molecule has 32 heavy (non-hydrogen) atoms. The molecular formula is C25H28ClFN2O3. The lowest BCUT2D eigenvalue weighted by molar-refractivity contribution is -0.122. The molecule has 7 heteroatoms. The lowest BCUT2D eigenvalue weighted by Gasteiger charge is -2.19. The summed E-state index contributed by atoms with van der Waals surface area (Å²) < 4.78 is 25.0. The summed E-state index contributed by atoms with van der Waals surface area (Å²) in [5.74, 6) is 1.94. The summed E-state index contributed by atoms with van der Waals surface area (Å²) in [4.78, 5) is 16.7. The van der Waals surface area contributed by atoms with Crippen molar-refractivity contribution >= 4 is 23.2 Å². The van der Waals surface area contributed by atoms with E-state index in [0.717, 1.165) is 18.0 Å². The number of alkyl halides is 1. The third-order valence-electron chi connectivity index (χ3n) is 6.47. The summed E-state index contributed by atoms with van der Waals surface area (Å²) in [5.41, 5.74) is 2.09. The molecule has 2 aromatic carbocycles. The smallest absolute Gasteiger partial charge is 0.268 e. The first-order valence-corrected chi connectivity index (χ1v) is 11.8. The first kappa shape index (κ1) is 21.5. The molecule has 2 aromatic rings. The van der Waals surface area contributed by atoms with Gasteiger partial charge in [-0.3, -0.25) is 9.69 Å². The van der Waals surface area contributed by atoms with Crippen molar-refractivity contribution < 1.29 is 18.7 Å². The summed E-state index contributed by atoms with van der Waals surface area (Å²) >= 11 is 6.42. The number of ether oxygens (including phenoxy) is 2. The normalized spacial score (nSPS) is 23.7. The van der Waals surface area contributed by atoms with Gasteiger partial charge in [-0.25, -0.2) is 4.39 Å². The Morgan fingerprint density at radius 1 is 1.03 bits per heavy atom. The highest BCUT2D eigenvalue weighted by molar-refractivity contribution is 6.32. The van der Waals surface area contributed by atoms with Gasteiger partial charge in [0.05, 0.1) is 5.02 Å². The predicted molar refractivity (Wildman–Crippen MR) is 123 cm³/mol. The first-order chi connectivity index (χ1) is 15.6. The lowest BCUT2D eigenvalue weighted by atomic mass is 10.1. The number of halogens is 2. The highest BCUT2D eigenvalue weighted by atomic mass is 35.5. The maximum absolute atomic E-state index is 13.3. The van der Waals surface area contributed by atoms with E-state index in [1.807, 2.05) is 18.2 Å². The largest absolute Gasteiger partial charge is 0.491 e. The van der Waals surface area contributed by atoms with Crippen molar-refractivity contribution in [2.75, 3.05) is 37.7 Å². The van der Waals surface area contributed by atoms with Gasteiger partial charge >= 0.3 is 0 Å². The summed E-state index contributed by atoms with van der Waals surface area (Å²) in [6.45, 7) is 2.94. The number of hydrogen-bond donors (Lipinski definition) is 0. The van der Waals surface area contributed by atoms with Crippen molar-refractivity contribution in [1.29, 1.82) is 0 Å². The lowest BCUT2D eigenvalue weighted by Crippen LogP contribution is -2.32. The van der Waals surface area contributed by atoms with Crippen LogP contribution in [-0.2, 0) is 4.79 Å². The minimum absolute atomic E-state index is 0.0594. The van der Waals surface area contributed by atoms with Crippen LogP contribution < -0.4 is 14.4 Å². The maximum Gasteiger partial charge on any atom is 0.268 e. The van der Waals surface area contributed by atoms with Crippen LogP contribution in [0, 0.1) is 0 Å². The Balaban J connectivity index is 1.15. The third-order valence-corrected chi connectivity index (χ3v) is 6.77. The molecule has 2 atom stereocenters. The molecule has 5 rings (SSSR count). The zero-order valence-electron chi connectivity index (χ0n) is 18.0. The van der Waals surface area contributed by atoms with E-state index in [1.165, 1.54) is 18.4 Å². The summed E-state index contributed by atoms with van der Waals surface area (Å²) in [6, 6.07) is 13.5. The number of nitrogens with zero attached hydrogens (tertiary/aromatic N) is 2. The molecule has 1 saturated carbocycles. The number of carbonyl (C=O) groups is 1. The van der Waals surface area contributed by atoms with Gasteiger partial charge in [-0.15, -0.1) is 0 Å². The van der Waals surface area contributed by atoms with Crippen molar-refractivity contribution in [2.45, 2.75) is 43.9 Å². The number of hydrogen-bond acceptors (Lipinski definition) is 4. The molecule has 2 saturated heterocycles. The molecule has 3 aliphatic rings. The molecule has 5 nitrogen and oxygen atoms in total. The van der Waals surface area contributed by atoms with Gasteiger partial charge in [0.25, 0.3) is 5.91 Å². The average molecular weight is 459 g/mol. The van der Waals surface area contributed by atoms with Crippen LogP contribution in [0.2, 0.25) is 5.02 Å². The van der Waals surface area contributed by atoms with Crippen molar-refractivity contribution in [3.63, 3.8) is 0 Å². The minimum atomic E-state index is -0.731. The number of anilines is 1. The topological polar surface area (TPSA) is 42.0 Å². The second-order valence-electron chi connectivity index (χ2n) is 8.88. The molecule has 0 N–H and O–H groups in total. The van der Waals surface area contributed by atoms with E-state index < -0.39 is 12.3 Å². The van der Waals surface area contributed by atoms with Gasteiger partial charge in [0.2, 0.25) is 0 Å². The fourth-order valence-electron chi connectivity index (χ4n) is 4.47. The molecule has 2 heterocycles. The highest BCUT2D eigenvalue weighted by Gasteiger charge is 2.34. The van der Waals surface area contributed by atoms with Crippen LogP contribution in [0.4, 0.5) is 10.1 Å². The van der Waals surface area contributed by atoms with Crippen LogP contribution in [0.3, 0.4) is 0 Å². The zero-order valence-corrected chi connectivity index (χ0v) is 18.8. The molecule has 3 fully saturated rings. The van der Waals surface area contributed by atoms with E-state index in [4.69, 9.17) is 21.1 Å². The van der Waals surface area contributed by atoms with Crippen LogP contribution in [0.1, 0.15) is 37.2 Å². The Hall–Kier alpha value is -2.31. The molecule has 0 bridgehead atoms. The molecule has 1 aliphatic carbocycles. The van der Waals surface area contributed by atoms with Gasteiger partial charge in [0.1, 0.15) is 24.3 Å². The van der Waals surface area contributed by atoms with Crippen molar-refractivity contribution in [3.8, 4) is 11.5 Å². The van der Waals surface area contributed by atoms with Crippen LogP contribution in [0.5, 0.6) is 11.5 Å². The van der Waals surface area contributed by atoms with E-state index in [0.29, 0.717) is 55.8 Å². The van der Waals surface area contributed by atoms with Crippen molar-refractivity contribution in [3.05, 3.63) is 53.1 Å². The SMILES string of the molecule is O=C1[C@@H](Oc2ccc(C3CC3)cc2)CCN1c1ccc(OCCN2CC[C@H](F)C2)c(Cl)c1. The Bertz CT molecular complexity index is 966. The molecule has 1 amide bonds. The van der Waals surface area contributed by atoms with E-state index in [9.17, 15) is 9.18 Å². The molecule has 0 radical (unpaired) electrons. The maximum atomic E-state index is 13.3. The summed E-state index contributed by atoms with van der Waals surface area (Å²) in [5, 5.41) is 0.458. The Morgan fingerprint density at radius 2 is 1.84 bits per heavy atom. The fourth-order valence-corrected chi connectivity index (χ4v) is 4.70. The second-order valence-corrected chi connectivity index (χ2v) is 9.29. The quantitative estimate of drug-likeness (QED) is 0.568. The van der Waals surface area contributed by atoms with E-state index >= 15 is 0 Å². The van der Waals surface area contributed by atoms with Crippen LogP contribution >= 0.6 is 11.6 Å². The molecular weight excluding hydrogens is 431 g/mol. The van der Waals surface area contributed by atoms with Crippen molar-refractivity contribution in [1.82, 2.24) is 4.90 Å². The van der Waals surface area contributed by atoms with Crippen molar-refractivity contribution in [2.24, 2.45) is 0 Å². The second kappa shape index (κ2) is 9.28. The molecule has 2 aliphatic heterocycles. The minimum Gasteiger partial charge on any atom is -0.491 e. The van der Waals surface area contributed by atoms with Gasteiger partial charge in [0.15, 0.2) is 6.10 Å². The summed E-state index contributed by atoms with van der Waals surface area (Å²) in [7, 11) is 0. The van der Waals surface area contributed by atoms with E-state index in [-0.39, 0.29) is 5.91 Å². The standard InChI is InChI=1S/C25H28ClFN2O3/c26-22-15-20(5-8-23(22)31-14-13-28-11-9-19(27)16-28)29-12-10-24(25(29)30)32-21-6-3-18(4-7-21)17-1-2-17/h3-8,15,17,19,24H,1-2,9-14,16H2/t19-,24-/m0/s1. The van der Waals surface area contributed by atoms with Gasteiger partial charge in [-0.2, -0.15) is 0 Å². The van der Waals surface area contributed by atoms with Crippen LogP contribution in [-0.4, -0.2) is 55.9 Å². The number of amides is 1. The molecule has 170 valence electrons. The number of benzene rings is 2. The highest BCUT2D eigenvalue weighted by Crippen LogP contribution is 2.40. The van der Waals surface area contributed by atoms with Crippen LogP contribution in [0.25, 0.3) is 0 Å². The Kier molecular flexibility index (Phi) is 6.24. The Morgan fingerprint density at radius 3 is 2.53 bits per heavy atom. The van der Waals surface area contributed by atoms with Gasteiger partial charge in [-0.05, 0) is 61.1 Å². The average Bonchev–Trinajstić information content (AvgIpc) is 3.47. The van der Waals surface area contributed by atoms with Gasteiger partial charge < -0.3 is 14.4 Å². The zero-order chi connectivity index (χ0) is 22.1. The number of likely N-dealkylation sites (tertiary alicyclic amines) is 1. The fraction of sp³-hybridized carbons (Fsp3) is 0.480. The molecule has 0 spiro atoms. The number of carbonyl (C=O) groups excluding carboxylic acids is 1. The molecule has 0 aromatic heterocycles. The predicted octanol–water partition coefficient (Wildman–Crippen LogP) is 4.82. The van der Waals surface area contributed by atoms with E-state index in [1.54, 1.807) is 17.0 Å². The van der Waals surface area contributed by atoms with Gasteiger partial charge in [-0.1, -0.05) is 23.7 Å². The van der Waals surface area contributed by atoms with Crippen LogP contribution in [0.15, 0.2) is 42.5 Å². The number of rotatable bonds is 8. The molecule has 0 unspecified atom stereocenters. The van der Waals surface area contributed by atoms with E-state index in [2.05, 4.69) is 17.0 Å². The third kappa shape index (κ3) is 4.86. The monoisotopic (exact) mass is 458 g/mol. The van der Waals surface area contributed by atoms with Gasteiger partial charge in [0, 0.05) is 38.3 Å².